The van der Waals surface area contributed by atoms with Crippen molar-refractivity contribution >= 4 is 54.3 Å². The van der Waals surface area contributed by atoms with Gasteiger partial charge in [-0.2, -0.15) is 9.97 Å². The van der Waals surface area contributed by atoms with Crippen molar-refractivity contribution in [2.24, 2.45) is 0 Å². The van der Waals surface area contributed by atoms with Gasteiger partial charge in [-0.3, -0.25) is 0 Å². The second-order valence-electron chi connectivity index (χ2n) is 14.1. The number of rotatable bonds is 5. The molecule has 2 heterocycles. The first-order chi connectivity index (χ1) is 27.2. The summed E-state index contributed by atoms with van der Waals surface area (Å²) < 4.78 is 6.46. The molecule has 11 rings (SSSR count). The van der Waals surface area contributed by atoms with Gasteiger partial charge in [0.15, 0.2) is 0 Å². The molecule has 0 unspecified atom stereocenters. The first-order valence-corrected chi connectivity index (χ1v) is 18.6. The number of benzene rings is 9. The van der Waals surface area contributed by atoms with Crippen LogP contribution in [-0.2, 0) is 0 Å². The molecule has 0 radical (unpaired) electrons. The van der Waals surface area contributed by atoms with Gasteiger partial charge in [0.25, 0.3) is 0 Å². The SMILES string of the molecule is c1ccc(-c2nc(-c3cccc4oc5ccc(-c6ccc(-c7ccc8c9ccccc9c9ccccc9c8c7)cc6)cc5c34)[nH+]c(-c3ccccc3)[nH+]2)cc1. The van der Waals surface area contributed by atoms with E-state index in [4.69, 9.17) is 9.40 Å². The summed E-state index contributed by atoms with van der Waals surface area (Å²) in [6.07, 6.45) is 0. The number of hydrogen-bond donors (Lipinski definition) is 0. The third-order valence-corrected chi connectivity index (χ3v) is 10.9. The fraction of sp³-hybridized carbons (Fsp3) is 0. The largest absolute Gasteiger partial charge is 0.456 e. The van der Waals surface area contributed by atoms with E-state index in [0.29, 0.717) is 0 Å². The van der Waals surface area contributed by atoms with Crippen LogP contribution in [-0.4, -0.2) is 4.98 Å². The summed E-state index contributed by atoms with van der Waals surface area (Å²) in [7, 11) is 0. The lowest BCUT2D eigenvalue weighted by Crippen LogP contribution is -2.28. The Morgan fingerprint density at radius 3 is 1.49 bits per heavy atom. The van der Waals surface area contributed by atoms with Gasteiger partial charge < -0.3 is 4.42 Å². The summed E-state index contributed by atoms with van der Waals surface area (Å²) in [5.41, 5.74) is 9.35. The predicted octanol–water partition coefficient (Wildman–Crippen LogP) is 12.4. The normalized spacial score (nSPS) is 11.6. The summed E-state index contributed by atoms with van der Waals surface area (Å²) in [4.78, 5) is 12.3. The Morgan fingerprint density at radius 1 is 0.327 bits per heavy atom. The van der Waals surface area contributed by atoms with E-state index < -0.39 is 0 Å². The molecule has 11 aromatic rings. The first kappa shape index (κ1) is 31.1. The van der Waals surface area contributed by atoms with Crippen LogP contribution in [0.5, 0.6) is 0 Å². The Balaban J connectivity index is 1.01. The summed E-state index contributed by atoms with van der Waals surface area (Å²) in [6.45, 7) is 0. The molecule has 0 atom stereocenters. The highest BCUT2D eigenvalue weighted by Gasteiger charge is 2.28. The maximum absolute atomic E-state index is 6.46. The van der Waals surface area contributed by atoms with Gasteiger partial charge in [0.2, 0.25) is 0 Å². The molecular formula is C51H33N3O+2. The fourth-order valence-corrected chi connectivity index (χ4v) is 8.19. The van der Waals surface area contributed by atoms with E-state index in [0.717, 1.165) is 67.2 Å². The summed E-state index contributed by atoms with van der Waals surface area (Å²) in [5.74, 6) is 2.42. The Hall–Kier alpha value is -7.43. The molecule has 2 aromatic heterocycles. The van der Waals surface area contributed by atoms with E-state index in [9.17, 15) is 0 Å². The molecule has 0 fully saturated rings. The van der Waals surface area contributed by atoms with Gasteiger partial charge in [-0.25, -0.2) is 0 Å². The molecule has 256 valence electrons. The maximum atomic E-state index is 6.46. The zero-order valence-electron chi connectivity index (χ0n) is 29.8. The summed E-state index contributed by atoms with van der Waals surface area (Å²) in [6, 6.07) is 66.5. The van der Waals surface area contributed by atoms with Crippen molar-refractivity contribution < 1.29 is 14.4 Å². The molecule has 0 amide bonds. The lowest BCUT2D eigenvalue weighted by atomic mass is 9.91. The second-order valence-corrected chi connectivity index (χ2v) is 14.1. The van der Waals surface area contributed by atoms with Crippen molar-refractivity contribution in [3.05, 3.63) is 188 Å². The number of H-pyrrole nitrogens is 2. The van der Waals surface area contributed by atoms with E-state index in [2.05, 4.69) is 149 Å². The topological polar surface area (TPSA) is 54.3 Å². The molecular weight excluding hydrogens is 671 g/mol. The third-order valence-electron chi connectivity index (χ3n) is 10.9. The van der Waals surface area contributed by atoms with Crippen LogP contribution in [0.4, 0.5) is 0 Å². The average molecular weight is 704 g/mol. The fourth-order valence-electron chi connectivity index (χ4n) is 8.19. The van der Waals surface area contributed by atoms with Crippen molar-refractivity contribution in [3.8, 4) is 56.4 Å². The monoisotopic (exact) mass is 703 g/mol. The maximum Gasteiger partial charge on any atom is 0.401 e. The summed E-state index contributed by atoms with van der Waals surface area (Å²) >= 11 is 0. The standard InChI is InChI=1S/C51H31N3O/c1-3-12-34(13-4-1)49-52-50(35-14-5-2-6-15-35)54-51(53-49)43-20-11-21-47-48(43)45-31-37(27-29-46(45)55-47)33-24-22-32(23-25-33)36-26-28-42-40-18-8-7-16-38(40)39-17-9-10-19-41(39)44(42)30-36/h1-31H/p+2. The number of hydrogen-bond acceptors (Lipinski definition) is 2. The van der Waals surface area contributed by atoms with Crippen LogP contribution in [0.1, 0.15) is 0 Å². The average Bonchev–Trinajstić information content (AvgIpc) is 3.65. The Bertz CT molecular complexity index is 3150. The molecule has 4 nitrogen and oxygen atoms in total. The van der Waals surface area contributed by atoms with Crippen LogP contribution in [0.3, 0.4) is 0 Å². The molecule has 2 N–H and O–H groups in total. The highest BCUT2D eigenvalue weighted by Crippen LogP contribution is 2.39. The molecule has 0 saturated carbocycles. The van der Waals surface area contributed by atoms with E-state index in [1.807, 2.05) is 48.5 Å². The van der Waals surface area contributed by atoms with Crippen LogP contribution >= 0.6 is 0 Å². The molecule has 0 aliphatic heterocycles. The Labute approximate surface area is 317 Å². The molecule has 9 aromatic carbocycles. The number of aromatic amines is 2. The van der Waals surface area contributed by atoms with E-state index in [1.54, 1.807) is 0 Å². The summed E-state index contributed by atoms with van der Waals surface area (Å²) in [5, 5.41) is 9.78. The number of furan rings is 1. The Morgan fingerprint density at radius 2 is 0.836 bits per heavy atom. The number of aromatic nitrogens is 3. The zero-order valence-corrected chi connectivity index (χ0v) is 29.8. The predicted molar refractivity (Wildman–Crippen MR) is 224 cm³/mol. The van der Waals surface area contributed by atoms with E-state index in [-0.39, 0.29) is 0 Å². The second kappa shape index (κ2) is 12.6. The van der Waals surface area contributed by atoms with Gasteiger partial charge in [0.05, 0.1) is 21.7 Å². The van der Waals surface area contributed by atoms with Crippen LogP contribution < -0.4 is 9.97 Å². The van der Waals surface area contributed by atoms with Crippen LogP contribution in [0.15, 0.2) is 192 Å². The molecule has 55 heavy (non-hydrogen) atoms. The van der Waals surface area contributed by atoms with Crippen molar-refractivity contribution in [3.63, 3.8) is 0 Å². The third kappa shape index (κ3) is 5.26. The van der Waals surface area contributed by atoms with Gasteiger partial charge in [-0.1, -0.05) is 133 Å². The van der Waals surface area contributed by atoms with Gasteiger partial charge in [-0.05, 0) is 109 Å². The molecule has 0 saturated heterocycles. The van der Waals surface area contributed by atoms with Crippen molar-refractivity contribution in [1.82, 2.24) is 4.98 Å². The van der Waals surface area contributed by atoms with Crippen LogP contribution in [0, 0.1) is 0 Å². The smallest absolute Gasteiger partial charge is 0.401 e. The van der Waals surface area contributed by atoms with Crippen LogP contribution in [0.2, 0.25) is 0 Å². The first-order valence-electron chi connectivity index (χ1n) is 18.6. The molecule has 0 aliphatic carbocycles. The van der Waals surface area contributed by atoms with E-state index >= 15 is 0 Å². The van der Waals surface area contributed by atoms with Gasteiger partial charge >= 0.3 is 17.5 Å². The van der Waals surface area contributed by atoms with Gasteiger partial charge in [-0.15, -0.1) is 0 Å². The molecule has 0 bridgehead atoms. The van der Waals surface area contributed by atoms with E-state index in [1.165, 1.54) is 43.4 Å². The minimum atomic E-state index is 0.760. The quantitative estimate of drug-likeness (QED) is 0.168. The number of nitrogens with zero attached hydrogens (tertiary/aromatic N) is 1. The molecule has 0 spiro atoms. The van der Waals surface area contributed by atoms with Gasteiger partial charge in [0.1, 0.15) is 11.2 Å². The number of fused-ring (bicyclic) bond motifs is 9. The minimum absolute atomic E-state index is 0.760. The lowest BCUT2D eigenvalue weighted by Gasteiger charge is -2.12. The Kier molecular flexibility index (Phi) is 7.14. The van der Waals surface area contributed by atoms with Crippen molar-refractivity contribution in [2.75, 3.05) is 0 Å². The number of nitrogens with one attached hydrogen (secondary N) is 2. The van der Waals surface area contributed by atoms with Crippen molar-refractivity contribution in [1.29, 1.82) is 0 Å². The zero-order chi connectivity index (χ0) is 36.3. The molecule has 0 aliphatic rings. The lowest BCUT2D eigenvalue weighted by molar-refractivity contribution is -0.501. The minimum Gasteiger partial charge on any atom is -0.456 e. The van der Waals surface area contributed by atoms with Crippen molar-refractivity contribution in [2.45, 2.75) is 0 Å². The highest BCUT2D eigenvalue weighted by atomic mass is 16.3. The van der Waals surface area contributed by atoms with Gasteiger partial charge in [0, 0.05) is 10.8 Å². The highest BCUT2D eigenvalue weighted by molar-refractivity contribution is 6.25. The van der Waals surface area contributed by atoms with Crippen LogP contribution in [0.25, 0.3) is 111 Å². The molecule has 4 heteroatoms.